The Morgan fingerprint density at radius 1 is 0.578 bits per heavy atom. The molecule has 11 aliphatic rings. The highest BCUT2D eigenvalue weighted by molar-refractivity contribution is 6.93. The van der Waals surface area contributed by atoms with Gasteiger partial charge in [0.2, 0.25) is 0 Å². The van der Waals surface area contributed by atoms with E-state index in [4.69, 9.17) is 0 Å². The highest BCUT2D eigenvalue weighted by Gasteiger charge is 2.78. The number of anilines is 2. The van der Waals surface area contributed by atoms with Crippen LogP contribution in [0.4, 0.5) is 11.4 Å². The third-order valence-electron chi connectivity index (χ3n) is 21.8. The van der Waals surface area contributed by atoms with Gasteiger partial charge >= 0.3 is 6.85 Å². The highest BCUT2D eigenvalue weighted by atomic mass is 15.1. The van der Waals surface area contributed by atoms with E-state index >= 15 is 0 Å². The second kappa shape index (κ2) is 10.6. The van der Waals surface area contributed by atoms with Crippen LogP contribution in [0.15, 0.2) is 133 Å². The summed E-state index contributed by atoms with van der Waals surface area (Å²) in [6.07, 6.45) is 14.7. The van der Waals surface area contributed by atoms with Crippen LogP contribution in [0, 0.1) is 53.3 Å². The van der Waals surface area contributed by atoms with Gasteiger partial charge in [0.1, 0.15) is 0 Å². The first-order chi connectivity index (χ1) is 31.4. The van der Waals surface area contributed by atoms with Gasteiger partial charge in [-0.2, -0.15) is 0 Å². The Morgan fingerprint density at radius 3 is 2.17 bits per heavy atom. The minimum atomic E-state index is 0.0460. The minimum absolute atomic E-state index is 0.0460. The Hall–Kier alpha value is -5.54. The van der Waals surface area contributed by atoms with Crippen LogP contribution in [0.25, 0.3) is 60.5 Å². The first-order valence-electron chi connectivity index (χ1n) is 25.2. The Bertz CT molecular complexity index is 3480. The van der Waals surface area contributed by atoms with Crippen molar-refractivity contribution in [3.05, 3.63) is 150 Å². The molecule has 3 heteroatoms. The third-order valence-corrected chi connectivity index (χ3v) is 21.8. The summed E-state index contributed by atoms with van der Waals surface area (Å²) in [6, 6.07) is 53.2. The second-order valence-electron chi connectivity index (χ2n) is 23.8. The second-order valence-corrected chi connectivity index (χ2v) is 23.8. The van der Waals surface area contributed by atoms with Crippen molar-refractivity contribution < 1.29 is 0 Å². The lowest BCUT2D eigenvalue weighted by Crippen LogP contribution is -2.61. The van der Waals surface area contributed by atoms with Gasteiger partial charge in [-0.05, 0) is 226 Å². The van der Waals surface area contributed by atoms with E-state index in [2.05, 4.69) is 150 Å². The highest BCUT2D eigenvalue weighted by Crippen LogP contribution is 2.85. The van der Waals surface area contributed by atoms with Gasteiger partial charge in [-0.3, -0.25) is 0 Å². The van der Waals surface area contributed by atoms with Crippen molar-refractivity contribution in [2.24, 2.45) is 46.3 Å². The van der Waals surface area contributed by atoms with E-state index in [-0.39, 0.29) is 6.85 Å². The Labute approximate surface area is 375 Å². The molecule has 7 aromatic carbocycles. The first kappa shape index (κ1) is 33.9. The molecule has 7 atom stereocenters. The minimum Gasteiger partial charge on any atom is -0.376 e. The van der Waals surface area contributed by atoms with Crippen LogP contribution in [0.1, 0.15) is 80.9 Å². The van der Waals surface area contributed by atoms with E-state index in [0.717, 1.165) is 35.5 Å². The van der Waals surface area contributed by atoms with Crippen molar-refractivity contribution in [2.75, 3.05) is 4.81 Å². The standard InChI is InChI=1S/C61H51BN2/c1-34-19-49-55-46-10-6-5-9-37(46)13-17-53(55)64(45-15-11-36(12-16-45)35-7-3-2-4-8-35)62-51-26-40(58-29-43-22-41-23-44(30-58)61(41,43)33-58)25-48-47-24-39(14-18-52(47)63(57(48)51)54(20-34)56(49)62)59-28-42-21-38-27-60(42,32-59)50(38)31-59/h2-20,24-26,38,41-44,50H,21-23,27-33H2,1H3. The molecule has 0 amide bonds. The molecule has 1 aromatic heterocycles. The van der Waals surface area contributed by atoms with Crippen LogP contribution < -0.4 is 15.7 Å². The number of fused-ring (bicyclic) bond motifs is 11. The largest absolute Gasteiger partial charge is 0.376 e. The molecule has 7 unspecified atom stereocenters. The lowest BCUT2D eigenvalue weighted by molar-refractivity contribution is -0.175. The van der Waals surface area contributed by atoms with Crippen LogP contribution >= 0.6 is 0 Å². The normalized spacial score (nSPS) is 35.1. The van der Waals surface area contributed by atoms with Crippen molar-refractivity contribution in [3.8, 4) is 27.9 Å². The van der Waals surface area contributed by atoms with Crippen molar-refractivity contribution in [3.63, 3.8) is 0 Å². The lowest BCUT2D eigenvalue weighted by atomic mass is 9.38. The van der Waals surface area contributed by atoms with Crippen LogP contribution in [0.5, 0.6) is 0 Å². The molecule has 308 valence electrons. The number of aryl methyl sites for hydroxylation is 1. The van der Waals surface area contributed by atoms with Crippen LogP contribution in [0.3, 0.4) is 0 Å². The number of nitrogens with zero attached hydrogens (tertiary/aromatic N) is 2. The predicted octanol–water partition coefficient (Wildman–Crippen LogP) is 13.3. The molecular formula is C61H51BN2. The fourth-order valence-corrected chi connectivity index (χ4v) is 19.7. The van der Waals surface area contributed by atoms with Gasteiger partial charge in [-0.15, -0.1) is 0 Å². The number of aromatic nitrogens is 1. The summed E-state index contributed by atoms with van der Waals surface area (Å²) < 4.78 is 2.77. The van der Waals surface area contributed by atoms with Gasteiger partial charge in [0, 0.05) is 33.4 Å². The molecule has 9 saturated carbocycles. The van der Waals surface area contributed by atoms with Crippen molar-refractivity contribution in [1.29, 1.82) is 0 Å². The molecule has 8 aromatic rings. The summed E-state index contributed by atoms with van der Waals surface area (Å²) in [5, 5.41) is 5.70. The van der Waals surface area contributed by atoms with E-state index in [0.29, 0.717) is 21.7 Å². The number of hydrogen-bond acceptors (Lipinski definition) is 1. The fraction of sp³-hybridized carbons (Fsp3) is 0.344. The summed E-state index contributed by atoms with van der Waals surface area (Å²) in [5.41, 5.74) is 21.9. The number of benzene rings is 7. The summed E-state index contributed by atoms with van der Waals surface area (Å²) >= 11 is 0. The summed E-state index contributed by atoms with van der Waals surface area (Å²) in [5.74, 6) is 5.92. The summed E-state index contributed by atoms with van der Waals surface area (Å²) in [4.78, 5) is 2.78. The maximum atomic E-state index is 2.82. The van der Waals surface area contributed by atoms with E-state index in [9.17, 15) is 0 Å². The smallest absolute Gasteiger partial charge is 0.333 e. The molecule has 2 aliphatic heterocycles. The van der Waals surface area contributed by atoms with E-state index < -0.39 is 0 Å². The zero-order valence-electron chi connectivity index (χ0n) is 36.7. The van der Waals surface area contributed by atoms with Crippen molar-refractivity contribution in [2.45, 2.75) is 82.0 Å². The average Bonchev–Trinajstić information content (AvgIpc) is 4.15. The lowest BCUT2D eigenvalue weighted by Gasteiger charge is -2.66. The Kier molecular flexibility index (Phi) is 5.62. The maximum Gasteiger partial charge on any atom is 0.333 e. The van der Waals surface area contributed by atoms with Crippen molar-refractivity contribution in [1.82, 2.24) is 4.57 Å². The molecule has 19 rings (SSSR count). The SMILES string of the molecule is Cc1cc2c3c(c1)-n1c4ccc(C56CC7CC8CC7(C5)C8C6)cc4c4cc(C56CC7CC8CC(C5)C87C6)cc(c41)B3N(c1ccc(-c3ccccc3)cc1)c1ccc3ccccc3c1-2. The third kappa shape index (κ3) is 3.57. The van der Waals surface area contributed by atoms with E-state index in [1.54, 1.807) is 11.1 Å². The van der Waals surface area contributed by atoms with Gasteiger partial charge in [0.15, 0.2) is 0 Å². The zero-order chi connectivity index (χ0) is 41.2. The van der Waals surface area contributed by atoms with Gasteiger partial charge in [0.05, 0.1) is 11.0 Å². The molecule has 2 spiro atoms. The van der Waals surface area contributed by atoms with E-state index in [1.165, 1.54) is 153 Å². The Balaban J connectivity index is 0.937. The maximum absolute atomic E-state index is 2.82. The Morgan fingerprint density at radius 2 is 1.36 bits per heavy atom. The van der Waals surface area contributed by atoms with Crippen molar-refractivity contribution >= 4 is 61.7 Å². The monoisotopic (exact) mass is 822 g/mol. The average molecular weight is 823 g/mol. The topological polar surface area (TPSA) is 8.17 Å². The van der Waals surface area contributed by atoms with E-state index in [1.807, 2.05) is 0 Å². The quantitative estimate of drug-likeness (QED) is 0.161. The van der Waals surface area contributed by atoms with Gasteiger partial charge in [-0.1, -0.05) is 91.0 Å². The molecule has 2 nitrogen and oxygen atoms in total. The molecule has 0 N–H and O–H groups in total. The molecule has 5 bridgehead atoms. The number of hydrogen-bond donors (Lipinski definition) is 0. The molecular weight excluding hydrogens is 771 g/mol. The van der Waals surface area contributed by atoms with Gasteiger partial charge in [0.25, 0.3) is 0 Å². The molecule has 0 saturated heterocycles. The van der Waals surface area contributed by atoms with Crippen LogP contribution in [-0.2, 0) is 10.8 Å². The molecule has 9 fully saturated rings. The van der Waals surface area contributed by atoms with Crippen LogP contribution in [0.2, 0.25) is 0 Å². The summed E-state index contributed by atoms with van der Waals surface area (Å²) in [6.45, 7) is 2.39. The van der Waals surface area contributed by atoms with Crippen LogP contribution in [-0.4, -0.2) is 11.4 Å². The molecule has 64 heavy (non-hydrogen) atoms. The molecule has 0 radical (unpaired) electrons. The molecule has 9 aliphatic carbocycles. The number of rotatable bonds is 4. The summed E-state index contributed by atoms with van der Waals surface area (Å²) in [7, 11) is 0. The zero-order valence-corrected chi connectivity index (χ0v) is 36.7. The van der Waals surface area contributed by atoms with Gasteiger partial charge < -0.3 is 9.38 Å². The predicted molar refractivity (Wildman–Crippen MR) is 263 cm³/mol. The van der Waals surface area contributed by atoms with Gasteiger partial charge in [-0.25, -0.2) is 0 Å². The molecule has 3 heterocycles. The fourth-order valence-electron chi connectivity index (χ4n) is 19.7. The first-order valence-corrected chi connectivity index (χ1v) is 25.2.